The van der Waals surface area contributed by atoms with Gasteiger partial charge in [-0.2, -0.15) is 10.1 Å². The highest BCUT2D eigenvalue weighted by Gasteiger charge is 2.23. The van der Waals surface area contributed by atoms with Crippen LogP contribution in [0.3, 0.4) is 0 Å². The Morgan fingerprint density at radius 1 is 1.06 bits per heavy atom. The quantitative estimate of drug-likeness (QED) is 0.504. The number of anilines is 3. The number of hydrogen-bond acceptors (Lipinski definition) is 8. The molecule has 2 N–H and O–H groups in total. The summed E-state index contributed by atoms with van der Waals surface area (Å²) in [6, 6.07) is 7.85. The molecule has 0 aromatic carbocycles. The van der Waals surface area contributed by atoms with Gasteiger partial charge in [-0.3, -0.25) is 10.1 Å². The Morgan fingerprint density at radius 2 is 1.90 bits per heavy atom. The Labute approximate surface area is 178 Å². The van der Waals surface area contributed by atoms with E-state index in [-0.39, 0.29) is 0 Å². The van der Waals surface area contributed by atoms with Crippen molar-refractivity contribution >= 4 is 28.7 Å². The van der Waals surface area contributed by atoms with Crippen LogP contribution in [0.5, 0.6) is 0 Å². The number of H-pyrrole nitrogens is 1. The van der Waals surface area contributed by atoms with Crippen molar-refractivity contribution in [2.24, 2.45) is 0 Å². The molecule has 4 aromatic rings. The number of aromatic nitrogens is 5. The molecule has 4 aromatic heterocycles. The first kappa shape index (κ1) is 18.3. The summed E-state index contributed by atoms with van der Waals surface area (Å²) in [7, 11) is 0. The summed E-state index contributed by atoms with van der Waals surface area (Å²) in [4.78, 5) is 15.8. The smallest absolute Gasteiger partial charge is 0.231 e. The van der Waals surface area contributed by atoms with Crippen LogP contribution < -0.4 is 10.2 Å². The van der Waals surface area contributed by atoms with Crippen molar-refractivity contribution in [1.29, 1.82) is 0 Å². The molecule has 9 heteroatoms. The Morgan fingerprint density at radius 3 is 2.68 bits per heavy atom. The number of rotatable bonds is 5. The minimum Gasteiger partial charge on any atom is -0.450 e. The van der Waals surface area contributed by atoms with Gasteiger partial charge < -0.3 is 19.4 Å². The Hall–Kier alpha value is -3.46. The highest BCUT2D eigenvalue weighted by atomic mass is 16.5. The average Bonchev–Trinajstić information content (AvgIpc) is 3.40. The number of hydrogen-bond donors (Lipinski definition) is 2. The normalized spacial score (nSPS) is 17.1. The van der Waals surface area contributed by atoms with E-state index in [0.717, 1.165) is 41.6 Å². The summed E-state index contributed by atoms with van der Waals surface area (Å²) in [5, 5.41) is 10.8. The lowest BCUT2D eigenvalue weighted by molar-refractivity contribution is 0.122. The van der Waals surface area contributed by atoms with Crippen LogP contribution >= 0.6 is 0 Å². The SMILES string of the molecule is c1cc(-c2cc3nc(Nc4cc(C5CCC5)[nH]n4)nc(N4CCOCC4)c3o2)ccn1. The topological polar surface area (TPSA) is 105 Å². The van der Waals surface area contributed by atoms with E-state index in [2.05, 4.69) is 31.5 Å². The fourth-order valence-electron chi connectivity index (χ4n) is 4.06. The van der Waals surface area contributed by atoms with Crippen LogP contribution in [0.2, 0.25) is 0 Å². The van der Waals surface area contributed by atoms with Crippen molar-refractivity contribution in [2.75, 3.05) is 36.5 Å². The van der Waals surface area contributed by atoms with Crippen LogP contribution in [0.15, 0.2) is 41.1 Å². The van der Waals surface area contributed by atoms with Crippen LogP contribution in [0.1, 0.15) is 30.9 Å². The third kappa shape index (κ3) is 3.50. The summed E-state index contributed by atoms with van der Waals surface area (Å²) in [5.74, 6) is 3.33. The maximum absolute atomic E-state index is 6.22. The number of morpholine rings is 1. The maximum Gasteiger partial charge on any atom is 0.231 e. The molecule has 158 valence electrons. The van der Waals surface area contributed by atoms with Gasteiger partial charge in [0.15, 0.2) is 17.2 Å². The average molecular weight is 417 g/mol. The third-order valence-electron chi connectivity index (χ3n) is 6.01. The molecule has 0 bridgehead atoms. The number of fused-ring (bicyclic) bond motifs is 1. The zero-order valence-corrected chi connectivity index (χ0v) is 17.0. The molecule has 6 rings (SSSR count). The summed E-state index contributed by atoms with van der Waals surface area (Å²) >= 11 is 0. The lowest BCUT2D eigenvalue weighted by Crippen LogP contribution is -2.37. The summed E-state index contributed by atoms with van der Waals surface area (Å²) in [6.07, 6.45) is 7.23. The highest BCUT2D eigenvalue weighted by Crippen LogP contribution is 2.37. The first-order valence-corrected chi connectivity index (χ1v) is 10.7. The van der Waals surface area contributed by atoms with Crippen molar-refractivity contribution in [1.82, 2.24) is 25.1 Å². The van der Waals surface area contributed by atoms with Gasteiger partial charge in [-0.1, -0.05) is 6.42 Å². The second-order valence-electron chi connectivity index (χ2n) is 7.99. The molecule has 9 nitrogen and oxygen atoms in total. The highest BCUT2D eigenvalue weighted by molar-refractivity contribution is 5.89. The molecule has 0 spiro atoms. The summed E-state index contributed by atoms with van der Waals surface area (Å²) < 4.78 is 11.7. The van der Waals surface area contributed by atoms with Gasteiger partial charge in [0.2, 0.25) is 5.95 Å². The van der Waals surface area contributed by atoms with E-state index >= 15 is 0 Å². The Kier molecular flexibility index (Phi) is 4.53. The van der Waals surface area contributed by atoms with E-state index in [1.807, 2.05) is 18.2 Å². The van der Waals surface area contributed by atoms with E-state index in [9.17, 15) is 0 Å². The van der Waals surface area contributed by atoms with Gasteiger partial charge in [0, 0.05) is 54.8 Å². The lowest BCUT2D eigenvalue weighted by Gasteiger charge is -2.27. The monoisotopic (exact) mass is 417 g/mol. The maximum atomic E-state index is 6.22. The number of nitrogens with one attached hydrogen (secondary N) is 2. The largest absolute Gasteiger partial charge is 0.450 e. The molecule has 1 saturated carbocycles. The molecule has 1 saturated heterocycles. The Bertz CT molecular complexity index is 1190. The fraction of sp³-hybridized carbons (Fsp3) is 0.364. The van der Waals surface area contributed by atoms with Crippen LogP contribution in [0.25, 0.3) is 22.4 Å². The second-order valence-corrected chi connectivity index (χ2v) is 7.99. The fourth-order valence-corrected chi connectivity index (χ4v) is 4.06. The molecule has 0 radical (unpaired) electrons. The number of aromatic amines is 1. The van der Waals surface area contributed by atoms with Gasteiger partial charge in [0.25, 0.3) is 0 Å². The molecule has 1 aliphatic heterocycles. The molecule has 0 amide bonds. The number of furan rings is 1. The predicted molar refractivity (Wildman–Crippen MR) is 117 cm³/mol. The summed E-state index contributed by atoms with van der Waals surface area (Å²) in [6.45, 7) is 2.84. The van der Waals surface area contributed by atoms with Gasteiger partial charge in [-0.05, 0) is 25.0 Å². The molecule has 0 atom stereocenters. The molecule has 5 heterocycles. The minimum absolute atomic E-state index is 0.503. The second kappa shape index (κ2) is 7.66. The first-order chi connectivity index (χ1) is 15.3. The van der Waals surface area contributed by atoms with E-state index in [1.54, 1.807) is 12.4 Å². The lowest BCUT2D eigenvalue weighted by atomic mass is 9.83. The molecular weight excluding hydrogens is 394 g/mol. The molecular formula is C22H23N7O2. The van der Waals surface area contributed by atoms with Crippen molar-refractivity contribution in [3.63, 3.8) is 0 Å². The van der Waals surface area contributed by atoms with Gasteiger partial charge in [0.1, 0.15) is 11.3 Å². The third-order valence-corrected chi connectivity index (χ3v) is 6.01. The van der Waals surface area contributed by atoms with Crippen molar-refractivity contribution in [3.05, 3.63) is 42.4 Å². The zero-order chi connectivity index (χ0) is 20.6. The Balaban J connectivity index is 1.38. The molecule has 2 fully saturated rings. The van der Waals surface area contributed by atoms with E-state index < -0.39 is 0 Å². The van der Waals surface area contributed by atoms with Crippen LogP contribution in [-0.4, -0.2) is 51.5 Å². The number of ether oxygens (including phenoxy) is 1. The predicted octanol–water partition coefficient (Wildman–Crippen LogP) is 3.86. The van der Waals surface area contributed by atoms with Gasteiger partial charge in [-0.15, -0.1) is 0 Å². The van der Waals surface area contributed by atoms with Crippen molar-refractivity contribution < 1.29 is 9.15 Å². The van der Waals surface area contributed by atoms with Crippen molar-refractivity contribution in [2.45, 2.75) is 25.2 Å². The summed E-state index contributed by atoms with van der Waals surface area (Å²) in [5.41, 5.74) is 3.55. The minimum atomic E-state index is 0.503. The van der Waals surface area contributed by atoms with Crippen molar-refractivity contribution in [3.8, 4) is 11.3 Å². The van der Waals surface area contributed by atoms with E-state index in [0.29, 0.717) is 30.7 Å². The van der Waals surface area contributed by atoms with Crippen LogP contribution in [0, 0.1) is 0 Å². The standard InChI is InChI=1S/C22H23N7O2/c1-2-14(3-1)16-13-19(28-27-16)25-22-24-17-12-18(15-4-6-23-7-5-15)31-20(17)21(26-22)29-8-10-30-11-9-29/h4-7,12-14H,1-3,8-11H2,(H2,24,25,26,27,28). The molecule has 2 aliphatic rings. The van der Waals surface area contributed by atoms with Crippen LogP contribution in [0.4, 0.5) is 17.6 Å². The van der Waals surface area contributed by atoms with Gasteiger partial charge in [-0.25, -0.2) is 4.98 Å². The van der Waals surface area contributed by atoms with E-state index in [4.69, 9.17) is 19.1 Å². The molecule has 31 heavy (non-hydrogen) atoms. The number of nitrogens with zero attached hydrogens (tertiary/aromatic N) is 5. The van der Waals surface area contributed by atoms with Crippen LogP contribution in [-0.2, 0) is 4.74 Å². The van der Waals surface area contributed by atoms with Gasteiger partial charge >= 0.3 is 0 Å². The molecule has 0 unspecified atom stereocenters. The van der Waals surface area contributed by atoms with Gasteiger partial charge in [0.05, 0.1) is 13.2 Å². The molecule has 1 aliphatic carbocycles. The van der Waals surface area contributed by atoms with E-state index in [1.165, 1.54) is 25.0 Å². The zero-order valence-electron chi connectivity index (χ0n) is 17.0. The first-order valence-electron chi connectivity index (χ1n) is 10.7. The number of pyridine rings is 1.